The van der Waals surface area contributed by atoms with E-state index in [1.807, 2.05) is 0 Å². The number of carbonyl (C=O) groups is 1. The highest BCUT2D eigenvalue weighted by Crippen LogP contribution is 2.23. The van der Waals surface area contributed by atoms with E-state index in [0.717, 1.165) is 17.8 Å². The number of aromatic nitrogens is 2. The van der Waals surface area contributed by atoms with Gasteiger partial charge in [0.1, 0.15) is 11.6 Å². The number of aliphatic carboxylic acids is 1. The number of aryl methyl sites for hydroxylation is 1. The number of nitrogens with zero attached hydrogens (tertiary/aromatic N) is 2. The number of hydrogen-bond acceptors (Lipinski definition) is 2. The van der Waals surface area contributed by atoms with Gasteiger partial charge in [-0.2, -0.15) is 0 Å². The van der Waals surface area contributed by atoms with Gasteiger partial charge in [-0.05, 0) is 38.8 Å². The fourth-order valence-corrected chi connectivity index (χ4v) is 2.43. The highest BCUT2D eigenvalue weighted by molar-refractivity contribution is 5.76. The summed E-state index contributed by atoms with van der Waals surface area (Å²) in [6.07, 6.45) is 2.29. The molecule has 0 aliphatic rings. The topological polar surface area (TPSA) is 55.1 Å². The standard InChI is InChI=1S/C15H19FN2O2/c1-10(2)18-13-8-7-11(16)9-12(13)17-14(18)5-3-4-6-15(19)20/h7-10H,3-6H2,1-2H3,(H,19,20). The Morgan fingerprint density at radius 1 is 1.40 bits per heavy atom. The van der Waals surface area contributed by atoms with Crippen molar-refractivity contribution in [1.29, 1.82) is 0 Å². The van der Waals surface area contributed by atoms with Crippen LogP contribution in [0.4, 0.5) is 4.39 Å². The molecule has 0 saturated heterocycles. The van der Waals surface area contributed by atoms with Crippen LogP contribution in [-0.4, -0.2) is 20.6 Å². The fourth-order valence-electron chi connectivity index (χ4n) is 2.43. The summed E-state index contributed by atoms with van der Waals surface area (Å²) in [5, 5.41) is 8.64. The minimum absolute atomic E-state index is 0.177. The summed E-state index contributed by atoms with van der Waals surface area (Å²) in [6, 6.07) is 4.87. The van der Waals surface area contributed by atoms with Crippen molar-refractivity contribution < 1.29 is 14.3 Å². The highest BCUT2D eigenvalue weighted by atomic mass is 19.1. The smallest absolute Gasteiger partial charge is 0.303 e. The van der Waals surface area contributed by atoms with Crippen LogP contribution in [0.5, 0.6) is 0 Å². The van der Waals surface area contributed by atoms with Gasteiger partial charge in [0.15, 0.2) is 0 Å². The Kier molecular flexibility index (Phi) is 4.37. The summed E-state index contributed by atoms with van der Waals surface area (Å²) in [5.74, 6) is -0.168. The Labute approximate surface area is 117 Å². The average molecular weight is 278 g/mol. The zero-order valence-electron chi connectivity index (χ0n) is 11.8. The molecule has 0 atom stereocenters. The van der Waals surface area contributed by atoms with Gasteiger partial charge in [0, 0.05) is 24.9 Å². The van der Waals surface area contributed by atoms with Crippen molar-refractivity contribution >= 4 is 17.0 Å². The monoisotopic (exact) mass is 278 g/mol. The third-order valence-electron chi connectivity index (χ3n) is 3.28. The van der Waals surface area contributed by atoms with Crippen LogP contribution in [0.1, 0.15) is 45.0 Å². The zero-order valence-corrected chi connectivity index (χ0v) is 11.8. The predicted molar refractivity (Wildman–Crippen MR) is 75.3 cm³/mol. The van der Waals surface area contributed by atoms with Crippen molar-refractivity contribution in [1.82, 2.24) is 9.55 Å². The molecule has 1 N–H and O–H groups in total. The summed E-state index contributed by atoms with van der Waals surface area (Å²) in [5.41, 5.74) is 1.58. The van der Waals surface area contributed by atoms with Crippen molar-refractivity contribution in [2.45, 2.75) is 45.6 Å². The molecule has 108 valence electrons. The van der Waals surface area contributed by atoms with Crippen LogP contribution in [0.2, 0.25) is 0 Å². The molecule has 5 heteroatoms. The number of halogens is 1. The van der Waals surface area contributed by atoms with E-state index in [4.69, 9.17) is 5.11 Å². The Hall–Kier alpha value is -1.91. The van der Waals surface area contributed by atoms with E-state index in [1.54, 1.807) is 6.07 Å². The van der Waals surface area contributed by atoms with Gasteiger partial charge in [0.25, 0.3) is 0 Å². The lowest BCUT2D eigenvalue weighted by atomic mass is 10.2. The van der Waals surface area contributed by atoms with E-state index in [1.165, 1.54) is 12.1 Å². The highest BCUT2D eigenvalue weighted by Gasteiger charge is 2.13. The minimum Gasteiger partial charge on any atom is -0.481 e. The maximum Gasteiger partial charge on any atom is 0.303 e. The van der Waals surface area contributed by atoms with Crippen LogP contribution in [0, 0.1) is 5.82 Å². The van der Waals surface area contributed by atoms with Gasteiger partial charge in [-0.15, -0.1) is 0 Å². The number of unbranched alkanes of at least 4 members (excludes halogenated alkanes) is 1. The van der Waals surface area contributed by atoms with Crippen molar-refractivity contribution in [3.63, 3.8) is 0 Å². The van der Waals surface area contributed by atoms with Crippen LogP contribution < -0.4 is 0 Å². The molecule has 20 heavy (non-hydrogen) atoms. The average Bonchev–Trinajstić information content (AvgIpc) is 2.71. The van der Waals surface area contributed by atoms with Gasteiger partial charge in [-0.1, -0.05) is 0 Å². The second-order valence-corrected chi connectivity index (χ2v) is 5.23. The minimum atomic E-state index is -0.774. The summed E-state index contributed by atoms with van der Waals surface area (Å²) in [6.45, 7) is 4.12. The van der Waals surface area contributed by atoms with Gasteiger partial charge in [0.2, 0.25) is 0 Å². The Bertz CT molecular complexity index is 620. The molecule has 1 aromatic heterocycles. The second kappa shape index (κ2) is 6.03. The summed E-state index contributed by atoms with van der Waals surface area (Å²) < 4.78 is 15.4. The molecule has 2 rings (SSSR count). The van der Waals surface area contributed by atoms with Crippen LogP contribution >= 0.6 is 0 Å². The molecule has 4 nitrogen and oxygen atoms in total. The molecule has 0 aliphatic carbocycles. The van der Waals surface area contributed by atoms with Crippen molar-refractivity contribution in [2.24, 2.45) is 0 Å². The lowest BCUT2D eigenvalue weighted by Gasteiger charge is -2.12. The molecular weight excluding hydrogens is 259 g/mol. The van der Waals surface area contributed by atoms with E-state index < -0.39 is 5.97 Å². The third kappa shape index (κ3) is 3.15. The van der Waals surface area contributed by atoms with Crippen LogP contribution in [0.15, 0.2) is 18.2 Å². The van der Waals surface area contributed by atoms with Crippen molar-refractivity contribution in [2.75, 3.05) is 0 Å². The molecule has 0 fully saturated rings. The molecule has 0 aliphatic heterocycles. The lowest BCUT2D eigenvalue weighted by Crippen LogP contribution is -2.06. The Morgan fingerprint density at radius 2 is 2.15 bits per heavy atom. The maximum absolute atomic E-state index is 13.3. The molecule has 2 aromatic rings. The van der Waals surface area contributed by atoms with E-state index in [2.05, 4.69) is 23.4 Å². The second-order valence-electron chi connectivity index (χ2n) is 5.23. The molecule has 0 amide bonds. The van der Waals surface area contributed by atoms with Gasteiger partial charge in [0.05, 0.1) is 11.0 Å². The largest absolute Gasteiger partial charge is 0.481 e. The van der Waals surface area contributed by atoms with E-state index in [0.29, 0.717) is 18.4 Å². The molecule has 1 heterocycles. The molecule has 0 spiro atoms. The number of benzene rings is 1. The van der Waals surface area contributed by atoms with E-state index in [9.17, 15) is 9.18 Å². The Morgan fingerprint density at radius 3 is 2.80 bits per heavy atom. The number of fused-ring (bicyclic) bond motifs is 1. The van der Waals surface area contributed by atoms with E-state index >= 15 is 0 Å². The molecule has 0 bridgehead atoms. The van der Waals surface area contributed by atoms with Crippen LogP contribution in [0.3, 0.4) is 0 Å². The Balaban J connectivity index is 2.23. The van der Waals surface area contributed by atoms with E-state index in [-0.39, 0.29) is 18.3 Å². The number of rotatable bonds is 6. The normalized spacial score (nSPS) is 11.4. The van der Waals surface area contributed by atoms with Crippen LogP contribution in [0.25, 0.3) is 11.0 Å². The van der Waals surface area contributed by atoms with Gasteiger partial charge in [-0.3, -0.25) is 4.79 Å². The lowest BCUT2D eigenvalue weighted by molar-refractivity contribution is -0.137. The van der Waals surface area contributed by atoms with Crippen LogP contribution in [-0.2, 0) is 11.2 Å². The molecular formula is C15H19FN2O2. The number of imidazole rings is 1. The van der Waals surface area contributed by atoms with Gasteiger partial charge >= 0.3 is 5.97 Å². The summed E-state index contributed by atoms with van der Waals surface area (Å²) >= 11 is 0. The first-order chi connectivity index (χ1) is 9.49. The molecule has 0 radical (unpaired) electrons. The van der Waals surface area contributed by atoms with Crippen molar-refractivity contribution in [3.05, 3.63) is 29.8 Å². The first-order valence-electron chi connectivity index (χ1n) is 6.87. The van der Waals surface area contributed by atoms with Crippen molar-refractivity contribution in [3.8, 4) is 0 Å². The summed E-state index contributed by atoms with van der Waals surface area (Å²) in [4.78, 5) is 15.0. The number of carboxylic acid groups (broad SMARTS) is 1. The third-order valence-corrected chi connectivity index (χ3v) is 3.28. The quantitative estimate of drug-likeness (QED) is 0.822. The van der Waals surface area contributed by atoms with Gasteiger partial charge < -0.3 is 9.67 Å². The molecule has 1 aromatic carbocycles. The maximum atomic E-state index is 13.3. The fraction of sp³-hybridized carbons (Fsp3) is 0.467. The molecule has 0 unspecified atom stereocenters. The first-order valence-corrected chi connectivity index (χ1v) is 6.87. The van der Waals surface area contributed by atoms with Gasteiger partial charge in [-0.25, -0.2) is 9.37 Å². The number of carboxylic acids is 1. The molecule has 0 saturated carbocycles. The SMILES string of the molecule is CC(C)n1c(CCCCC(=O)O)nc2cc(F)ccc21. The first kappa shape index (κ1) is 14.5. The summed E-state index contributed by atoms with van der Waals surface area (Å²) in [7, 11) is 0. The number of hydrogen-bond donors (Lipinski definition) is 1. The predicted octanol–water partition coefficient (Wildman–Crippen LogP) is 3.55. The zero-order chi connectivity index (χ0) is 14.7.